The topological polar surface area (TPSA) is 81.3 Å². The van der Waals surface area contributed by atoms with Gasteiger partial charge in [-0.3, -0.25) is 9.59 Å². The number of fused-ring (bicyclic) bond motifs is 1. The Morgan fingerprint density at radius 1 is 1.07 bits per heavy atom. The van der Waals surface area contributed by atoms with Crippen LogP contribution in [0.5, 0.6) is 0 Å². The number of hydrogen-bond donors (Lipinski definition) is 1. The van der Waals surface area contributed by atoms with Gasteiger partial charge < -0.3 is 5.32 Å². The molecule has 1 N–H and O–H groups in total. The lowest BCUT2D eigenvalue weighted by Gasteiger charge is -2.07. The molecule has 0 spiro atoms. The lowest BCUT2D eigenvalue weighted by molar-refractivity contribution is -0.117. The van der Waals surface area contributed by atoms with Crippen LogP contribution in [0, 0.1) is 11.6 Å². The molecule has 0 radical (unpaired) electrons. The minimum absolute atomic E-state index is 0.0181. The van der Waals surface area contributed by atoms with Crippen LogP contribution in [0.2, 0.25) is 0 Å². The quantitative estimate of drug-likeness (QED) is 0.589. The highest BCUT2D eigenvalue weighted by atomic mass is 19.1. The molecule has 0 saturated carbocycles. The fraction of sp³-hybridized carbons (Fsp3) is 0.0526. The molecule has 7 nitrogen and oxygen atoms in total. The van der Waals surface area contributed by atoms with Gasteiger partial charge in [0.05, 0.1) is 11.4 Å². The second-order valence-corrected chi connectivity index (χ2v) is 5.99. The van der Waals surface area contributed by atoms with Gasteiger partial charge in [-0.2, -0.15) is 10.2 Å². The van der Waals surface area contributed by atoms with Crippen molar-refractivity contribution in [2.45, 2.75) is 6.54 Å². The fourth-order valence-electron chi connectivity index (χ4n) is 2.70. The van der Waals surface area contributed by atoms with Crippen LogP contribution in [0.4, 0.5) is 14.5 Å². The second kappa shape index (κ2) is 7.03. The first-order chi connectivity index (χ1) is 13.5. The van der Waals surface area contributed by atoms with E-state index in [9.17, 15) is 18.4 Å². The highest BCUT2D eigenvalue weighted by Gasteiger charge is 2.13. The van der Waals surface area contributed by atoms with Crippen molar-refractivity contribution in [3.8, 4) is 11.3 Å². The third-order valence-electron chi connectivity index (χ3n) is 4.07. The number of nitrogens with zero attached hydrogens (tertiary/aromatic N) is 4. The van der Waals surface area contributed by atoms with Crippen molar-refractivity contribution >= 4 is 17.1 Å². The predicted octanol–water partition coefficient (Wildman–Crippen LogP) is 2.47. The van der Waals surface area contributed by atoms with Crippen LogP contribution in [0.1, 0.15) is 0 Å². The van der Waals surface area contributed by atoms with E-state index in [1.807, 2.05) is 0 Å². The minimum atomic E-state index is -0.595. The maximum atomic E-state index is 13.6. The van der Waals surface area contributed by atoms with E-state index >= 15 is 0 Å². The first-order valence-electron chi connectivity index (χ1n) is 8.27. The van der Waals surface area contributed by atoms with Crippen LogP contribution < -0.4 is 10.9 Å². The van der Waals surface area contributed by atoms with Gasteiger partial charge in [-0.15, -0.1) is 0 Å². The van der Waals surface area contributed by atoms with Crippen molar-refractivity contribution in [3.63, 3.8) is 0 Å². The number of anilines is 1. The summed E-state index contributed by atoms with van der Waals surface area (Å²) in [5, 5.41) is 10.6. The van der Waals surface area contributed by atoms with Gasteiger partial charge in [0.25, 0.3) is 5.56 Å². The van der Waals surface area contributed by atoms with E-state index in [0.29, 0.717) is 11.3 Å². The Hall–Kier alpha value is -3.88. The average molecular weight is 381 g/mol. The number of halogens is 2. The van der Waals surface area contributed by atoms with E-state index in [1.54, 1.807) is 18.2 Å². The largest absolute Gasteiger partial charge is 0.322 e. The van der Waals surface area contributed by atoms with Crippen LogP contribution in [-0.2, 0) is 11.3 Å². The highest BCUT2D eigenvalue weighted by molar-refractivity contribution is 5.90. The third kappa shape index (κ3) is 3.37. The smallest absolute Gasteiger partial charge is 0.293 e. The van der Waals surface area contributed by atoms with Gasteiger partial charge in [0.15, 0.2) is 0 Å². The number of carbonyl (C=O) groups is 1. The van der Waals surface area contributed by atoms with Crippen molar-refractivity contribution < 1.29 is 13.6 Å². The molecule has 2 heterocycles. The minimum Gasteiger partial charge on any atom is -0.322 e. The van der Waals surface area contributed by atoms with E-state index in [1.165, 1.54) is 47.2 Å². The molecule has 140 valence electrons. The van der Waals surface area contributed by atoms with Gasteiger partial charge in [-0.1, -0.05) is 12.1 Å². The van der Waals surface area contributed by atoms with Crippen molar-refractivity contribution in [1.82, 2.24) is 19.4 Å². The first-order valence-corrected chi connectivity index (χ1v) is 8.27. The van der Waals surface area contributed by atoms with Crippen molar-refractivity contribution in [1.29, 1.82) is 0 Å². The molecule has 4 rings (SSSR count). The molecule has 2 aromatic carbocycles. The summed E-state index contributed by atoms with van der Waals surface area (Å²) in [5.41, 5.74) is 0.783. The van der Waals surface area contributed by atoms with Crippen LogP contribution in [0.15, 0.2) is 65.7 Å². The van der Waals surface area contributed by atoms with Gasteiger partial charge in [0, 0.05) is 5.56 Å². The molecule has 1 amide bonds. The van der Waals surface area contributed by atoms with E-state index < -0.39 is 17.3 Å². The number of aromatic nitrogens is 4. The Bertz CT molecular complexity index is 1230. The summed E-state index contributed by atoms with van der Waals surface area (Å²) < 4.78 is 29.0. The summed E-state index contributed by atoms with van der Waals surface area (Å²) in [4.78, 5) is 24.8. The normalized spacial score (nSPS) is 10.9. The Labute approximate surface area is 156 Å². The number of rotatable bonds is 4. The SMILES string of the molecule is O=C(Cn1ncn2nc(-c3ccc(F)cc3)cc2c1=O)Nc1ccccc1F. The average Bonchev–Trinajstić information content (AvgIpc) is 3.12. The van der Waals surface area contributed by atoms with Crippen molar-refractivity contribution in [2.75, 3.05) is 5.32 Å². The summed E-state index contributed by atoms with van der Waals surface area (Å²) >= 11 is 0. The molecule has 0 saturated heterocycles. The Balaban J connectivity index is 1.61. The van der Waals surface area contributed by atoms with Crippen molar-refractivity contribution in [2.24, 2.45) is 0 Å². The van der Waals surface area contributed by atoms with Gasteiger partial charge in [-0.25, -0.2) is 18.0 Å². The second-order valence-electron chi connectivity index (χ2n) is 5.99. The molecule has 2 aromatic heterocycles. The van der Waals surface area contributed by atoms with Crippen LogP contribution in [-0.4, -0.2) is 25.3 Å². The van der Waals surface area contributed by atoms with Crippen LogP contribution >= 0.6 is 0 Å². The third-order valence-corrected chi connectivity index (χ3v) is 4.07. The molecule has 0 fully saturated rings. The molecule has 28 heavy (non-hydrogen) atoms. The summed E-state index contributed by atoms with van der Waals surface area (Å²) in [6.45, 7) is -0.388. The molecule has 0 atom stereocenters. The zero-order valence-corrected chi connectivity index (χ0v) is 14.3. The van der Waals surface area contributed by atoms with Crippen LogP contribution in [0.3, 0.4) is 0 Å². The zero-order chi connectivity index (χ0) is 19.7. The van der Waals surface area contributed by atoms with E-state index in [4.69, 9.17) is 0 Å². The molecule has 0 aliphatic heterocycles. The summed E-state index contributed by atoms with van der Waals surface area (Å²) in [6.07, 6.45) is 1.29. The number of carbonyl (C=O) groups excluding carboxylic acids is 1. The van der Waals surface area contributed by atoms with E-state index in [2.05, 4.69) is 15.5 Å². The predicted molar refractivity (Wildman–Crippen MR) is 97.7 cm³/mol. The number of nitrogens with one attached hydrogen (secondary N) is 1. The maximum absolute atomic E-state index is 13.6. The zero-order valence-electron chi connectivity index (χ0n) is 14.3. The maximum Gasteiger partial charge on any atom is 0.293 e. The molecular weight excluding hydrogens is 368 g/mol. The number of benzene rings is 2. The molecule has 0 bridgehead atoms. The lowest BCUT2D eigenvalue weighted by atomic mass is 10.1. The summed E-state index contributed by atoms with van der Waals surface area (Å²) in [5.74, 6) is -1.55. The van der Waals surface area contributed by atoms with Gasteiger partial charge in [0.1, 0.15) is 30.0 Å². The number of para-hydroxylation sites is 1. The van der Waals surface area contributed by atoms with Crippen LogP contribution in [0.25, 0.3) is 16.8 Å². The molecule has 0 aliphatic carbocycles. The van der Waals surface area contributed by atoms with Gasteiger partial charge >= 0.3 is 0 Å². The molecular formula is C19H13F2N5O2. The number of amides is 1. The molecule has 9 heteroatoms. The summed E-state index contributed by atoms with van der Waals surface area (Å²) in [7, 11) is 0. The highest BCUT2D eigenvalue weighted by Crippen LogP contribution is 2.18. The standard InChI is InChI=1S/C19H13F2N5O2/c20-13-7-5-12(6-8-13)16-9-17-19(28)25(22-11-26(17)24-16)10-18(27)23-15-4-2-1-3-14(15)21/h1-9,11H,10H2,(H,23,27). The van der Waals surface area contributed by atoms with E-state index in [-0.39, 0.29) is 23.6 Å². The van der Waals surface area contributed by atoms with Crippen molar-refractivity contribution in [3.05, 3.63) is 82.9 Å². The monoisotopic (exact) mass is 381 g/mol. The molecule has 0 aliphatic rings. The van der Waals surface area contributed by atoms with E-state index in [0.717, 1.165) is 4.68 Å². The fourth-order valence-corrected chi connectivity index (χ4v) is 2.70. The molecule has 4 aromatic rings. The number of hydrogen-bond acceptors (Lipinski definition) is 4. The lowest BCUT2D eigenvalue weighted by Crippen LogP contribution is -2.30. The Morgan fingerprint density at radius 2 is 1.82 bits per heavy atom. The Morgan fingerprint density at radius 3 is 2.57 bits per heavy atom. The molecule has 0 unspecified atom stereocenters. The van der Waals surface area contributed by atoms with Gasteiger partial charge in [-0.05, 0) is 42.5 Å². The summed E-state index contributed by atoms with van der Waals surface area (Å²) in [6, 6.07) is 12.9. The van der Waals surface area contributed by atoms with Gasteiger partial charge in [0.2, 0.25) is 5.91 Å². The Kier molecular flexibility index (Phi) is 4.40. The first kappa shape index (κ1) is 17.5.